The Morgan fingerprint density at radius 3 is 1.19 bits per heavy atom. The van der Waals surface area contributed by atoms with E-state index in [9.17, 15) is 15.8 Å². The van der Waals surface area contributed by atoms with E-state index in [4.69, 9.17) is 4.42 Å². The SMILES string of the molecule is N#Cc1ccc(-c2c(C#N)c(-n3c4ccccc4c4ccccc43)c(-n3c4ccccc4c4c5oc6ccccc6c5c5c(c6ccccc6n5-c5ccccc5)c43)c(-n3c4ccccc4c4ccccc43)c2C#N)cc1. The van der Waals surface area contributed by atoms with Gasteiger partial charge in [-0.2, -0.15) is 15.8 Å². The van der Waals surface area contributed by atoms with Gasteiger partial charge in [0.15, 0.2) is 0 Å². The molecule has 16 rings (SSSR count). The second-order valence-electron chi connectivity index (χ2n) is 19.6. The largest absolute Gasteiger partial charge is 0.455 e. The second kappa shape index (κ2) is 15.9. The van der Waals surface area contributed by atoms with Crippen LogP contribution < -0.4 is 0 Å². The molecule has 77 heavy (non-hydrogen) atoms. The van der Waals surface area contributed by atoms with Crippen molar-refractivity contribution in [3.63, 3.8) is 0 Å². The van der Waals surface area contributed by atoms with Gasteiger partial charge in [0.05, 0.1) is 94.7 Å². The van der Waals surface area contributed by atoms with Crippen molar-refractivity contribution in [2.24, 2.45) is 0 Å². The van der Waals surface area contributed by atoms with E-state index >= 15 is 0 Å². The third-order valence-corrected chi connectivity index (χ3v) is 15.8. The molecule has 8 nitrogen and oxygen atoms in total. The first-order valence-electron chi connectivity index (χ1n) is 25.5. The van der Waals surface area contributed by atoms with Gasteiger partial charge in [0, 0.05) is 54.3 Å². The van der Waals surface area contributed by atoms with Crippen molar-refractivity contribution in [1.82, 2.24) is 18.3 Å². The van der Waals surface area contributed by atoms with Crippen molar-refractivity contribution in [3.8, 4) is 52.1 Å². The molecule has 8 heteroatoms. The molecule has 0 radical (unpaired) electrons. The van der Waals surface area contributed by atoms with Crippen LogP contribution in [-0.4, -0.2) is 18.3 Å². The van der Waals surface area contributed by atoms with Gasteiger partial charge in [0.25, 0.3) is 0 Å². The van der Waals surface area contributed by atoms with Crippen LogP contribution in [0.15, 0.2) is 229 Å². The first-order valence-corrected chi connectivity index (χ1v) is 25.5. The van der Waals surface area contributed by atoms with Gasteiger partial charge in [-0.1, -0.05) is 158 Å². The molecule has 0 N–H and O–H groups in total. The molecule has 0 fully saturated rings. The Labute approximate surface area is 438 Å². The molecule has 0 saturated heterocycles. The van der Waals surface area contributed by atoms with Crippen LogP contribution in [0.4, 0.5) is 0 Å². The highest BCUT2D eigenvalue weighted by Crippen LogP contribution is 2.53. The fourth-order valence-corrected chi connectivity index (χ4v) is 12.9. The summed E-state index contributed by atoms with van der Waals surface area (Å²) in [6.45, 7) is 0. The van der Waals surface area contributed by atoms with Crippen molar-refractivity contribution in [2.75, 3.05) is 0 Å². The summed E-state index contributed by atoms with van der Waals surface area (Å²) >= 11 is 0. The van der Waals surface area contributed by atoms with E-state index in [1.807, 2.05) is 54.6 Å². The van der Waals surface area contributed by atoms with Crippen molar-refractivity contribution in [2.45, 2.75) is 0 Å². The molecule has 11 aromatic carbocycles. The Morgan fingerprint density at radius 1 is 0.312 bits per heavy atom. The average molecular weight is 980 g/mol. The van der Waals surface area contributed by atoms with Gasteiger partial charge in [0.2, 0.25) is 0 Å². The van der Waals surface area contributed by atoms with Crippen molar-refractivity contribution >= 4 is 109 Å². The number of aromatic nitrogens is 4. The molecule has 0 atom stereocenters. The molecule has 0 aliphatic rings. The summed E-state index contributed by atoms with van der Waals surface area (Å²) < 4.78 is 16.5. The summed E-state index contributed by atoms with van der Waals surface area (Å²) in [5, 5.41) is 44.7. The lowest BCUT2D eigenvalue weighted by Crippen LogP contribution is -2.15. The summed E-state index contributed by atoms with van der Waals surface area (Å²) in [5.74, 6) is 0. The number of hydrogen-bond donors (Lipinski definition) is 0. The van der Waals surface area contributed by atoms with E-state index in [0.717, 1.165) is 115 Å². The summed E-state index contributed by atoms with van der Waals surface area (Å²) in [6, 6.07) is 84.4. The first kappa shape index (κ1) is 42.4. The fourth-order valence-electron chi connectivity index (χ4n) is 12.9. The molecule has 0 bridgehead atoms. The zero-order chi connectivity index (χ0) is 51.0. The highest BCUT2D eigenvalue weighted by Gasteiger charge is 2.35. The Morgan fingerprint density at radius 2 is 0.701 bits per heavy atom. The monoisotopic (exact) mass is 979 g/mol. The van der Waals surface area contributed by atoms with Crippen LogP contribution >= 0.6 is 0 Å². The zero-order valence-electron chi connectivity index (χ0n) is 40.9. The van der Waals surface area contributed by atoms with Gasteiger partial charge >= 0.3 is 0 Å². The van der Waals surface area contributed by atoms with Crippen LogP contribution in [0.25, 0.3) is 143 Å². The third kappa shape index (κ3) is 5.61. The lowest BCUT2D eigenvalue weighted by Gasteiger charge is -2.26. The maximum absolute atomic E-state index is 12.3. The minimum absolute atomic E-state index is 0.302. The van der Waals surface area contributed by atoms with E-state index in [-0.39, 0.29) is 0 Å². The standard InChI is InChI=1S/C69H37N7O/c70-38-41-34-36-42(37-35-41)60-51(39-71)64(74-53-27-11-4-20-44(53)45-21-5-12-28-54(45)74)68(65(52(60)40-72)75-55-29-13-6-22-46(55)47-23-7-14-30-56(47)75)76-58-32-16-9-25-49(58)62-67(76)61-48-24-8-15-31-57(48)73(43-18-2-1-3-19-43)66(61)63-50-26-10-17-33-59(50)77-69(62)63/h1-37H. The van der Waals surface area contributed by atoms with Crippen LogP contribution in [0.2, 0.25) is 0 Å². The predicted molar refractivity (Wildman–Crippen MR) is 311 cm³/mol. The molecule has 0 amide bonds. The Kier molecular flexibility index (Phi) is 8.78. The average Bonchev–Trinajstić information content (AvgIpc) is 4.44. The molecule has 0 spiro atoms. The van der Waals surface area contributed by atoms with Gasteiger partial charge in [0.1, 0.15) is 23.3 Å². The van der Waals surface area contributed by atoms with E-state index in [2.05, 4.69) is 194 Å². The molecule has 5 heterocycles. The van der Waals surface area contributed by atoms with Gasteiger partial charge in [-0.15, -0.1) is 0 Å². The van der Waals surface area contributed by atoms with Gasteiger partial charge in [-0.25, -0.2) is 0 Å². The number of fused-ring (bicyclic) bond motifs is 18. The van der Waals surface area contributed by atoms with Crippen LogP contribution in [-0.2, 0) is 0 Å². The Balaban J connectivity index is 1.27. The minimum Gasteiger partial charge on any atom is -0.455 e. The van der Waals surface area contributed by atoms with Gasteiger partial charge in [-0.05, 0) is 72.3 Å². The summed E-state index contributed by atoms with van der Waals surface area (Å²) in [6.07, 6.45) is 0. The molecule has 0 unspecified atom stereocenters. The number of nitrogens with zero attached hydrogens (tertiary/aromatic N) is 7. The normalized spacial score (nSPS) is 11.9. The van der Waals surface area contributed by atoms with Crippen LogP contribution in [0, 0.1) is 34.0 Å². The summed E-state index contributed by atoms with van der Waals surface area (Å²) in [4.78, 5) is 0. The van der Waals surface area contributed by atoms with Crippen molar-refractivity contribution < 1.29 is 4.42 Å². The zero-order valence-corrected chi connectivity index (χ0v) is 40.9. The maximum atomic E-state index is 12.3. The highest BCUT2D eigenvalue weighted by molar-refractivity contribution is 6.39. The second-order valence-corrected chi connectivity index (χ2v) is 19.6. The number of para-hydroxylation sites is 8. The number of hydrogen-bond acceptors (Lipinski definition) is 4. The molecule has 0 aliphatic heterocycles. The molecular weight excluding hydrogens is 943 g/mol. The molecule has 0 saturated carbocycles. The maximum Gasteiger partial charge on any atom is 0.147 e. The number of benzene rings is 11. The Bertz CT molecular complexity index is 5110. The van der Waals surface area contributed by atoms with E-state index in [1.165, 1.54) is 0 Å². The number of furan rings is 1. The van der Waals surface area contributed by atoms with E-state index in [0.29, 0.717) is 44.9 Å². The highest BCUT2D eigenvalue weighted by atomic mass is 16.3. The van der Waals surface area contributed by atoms with E-state index in [1.54, 1.807) is 12.1 Å². The fraction of sp³-hybridized carbons (Fsp3) is 0. The summed E-state index contributed by atoms with van der Waals surface area (Å²) in [7, 11) is 0. The Hall–Kier alpha value is -11.1. The molecule has 5 aromatic heterocycles. The van der Waals surface area contributed by atoms with Crippen LogP contribution in [0.1, 0.15) is 16.7 Å². The van der Waals surface area contributed by atoms with E-state index < -0.39 is 0 Å². The van der Waals surface area contributed by atoms with Crippen LogP contribution in [0.3, 0.4) is 0 Å². The lowest BCUT2D eigenvalue weighted by molar-refractivity contribution is 0.673. The van der Waals surface area contributed by atoms with Crippen LogP contribution in [0.5, 0.6) is 0 Å². The minimum atomic E-state index is 0.302. The molecule has 354 valence electrons. The van der Waals surface area contributed by atoms with Crippen molar-refractivity contribution in [1.29, 1.82) is 15.8 Å². The number of nitriles is 3. The number of rotatable bonds is 5. The van der Waals surface area contributed by atoms with Gasteiger partial charge in [-0.3, -0.25) is 0 Å². The predicted octanol–water partition coefficient (Wildman–Crippen LogP) is 17.3. The molecular formula is C69H37N7O. The lowest BCUT2D eigenvalue weighted by atomic mass is 9.90. The topological polar surface area (TPSA) is 104 Å². The third-order valence-electron chi connectivity index (χ3n) is 15.8. The first-order chi connectivity index (χ1) is 38.2. The van der Waals surface area contributed by atoms with Crippen molar-refractivity contribution in [3.05, 3.63) is 241 Å². The quantitative estimate of drug-likeness (QED) is 0.171. The smallest absolute Gasteiger partial charge is 0.147 e. The summed E-state index contributed by atoms with van der Waals surface area (Å²) in [5.41, 5.74) is 13.7. The van der Waals surface area contributed by atoms with Gasteiger partial charge < -0.3 is 22.7 Å². The molecule has 0 aliphatic carbocycles. The molecule has 16 aromatic rings.